The Balaban J connectivity index is 1.79. The molecule has 1 aromatic carbocycles. The van der Waals surface area contributed by atoms with E-state index in [0.29, 0.717) is 32.1 Å². The minimum atomic E-state index is -1.36. The summed E-state index contributed by atoms with van der Waals surface area (Å²) < 4.78 is 0. The molecule has 0 aliphatic carbocycles. The van der Waals surface area contributed by atoms with Crippen LogP contribution in [0.1, 0.15) is 71.8 Å². The number of hydrogen-bond donors (Lipinski definition) is 6. The summed E-state index contributed by atoms with van der Waals surface area (Å²) in [6.45, 7) is 7.44. The molecular weight excluding hydrogens is 636 g/mol. The summed E-state index contributed by atoms with van der Waals surface area (Å²) in [5, 5.41) is 26.6. The van der Waals surface area contributed by atoms with Gasteiger partial charge in [-0.1, -0.05) is 64.4 Å². The van der Waals surface area contributed by atoms with E-state index in [1.165, 1.54) is 9.80 Å². The summed E-state index contributed by atoms with van der Waals surface area (Å²) >= 11 is 0. The van der Waals surface area contributed by atoms with E-state index in [4.69, 9.17) is 10.8 Å². The van der Waals surface area contributed by atoms with Crippen molar-refractivity contribution < 1.29 is 43.8 Å². The quantitative estimate of drug-likeness (QED) is 0.139. The third-order valence-corrected chi connectivity index (χ3v) is 9.31. The van der Waals surface area contributed by atoms with E-state index >= 15 is 0 Å². The molecule has 2 aliphatic heterocycles. The van der Waals surface area contributed by atoms with Crippen LogP contribution in [0.25, 0.3) is 0 Å². The summed E-state index contributed by atoms with van der Waals surface area (Å²) in [5.74, 6) is -6.13. The summed E-state index contributed by atoms with van der Waals surface area (Å²) in [7, 11) is 0. The van der Waals surface area contributed by atoms with Crippen molar-refractivity contribution in [1.82, 2.24) is 25.8 Å². The first-order chi connectivity index (χ1) is 23.2. The fraction of sp³-hybridized carbons (Fsp3) is 0.618. The van der Waals surface area contributed by atoms with Crippen LogP contribution in [0.2, 0.25) is 0 Å². The second-order valence-electron chi connectivity index (χ2n) is 13.3. The first-order valence-electron chi connectivity index (χ1n) is 16.9. The SMILES string of the molecule is CC[C@H](C)[C@H](NC(=O)[C@@H](N)CC(=O)O)C(=O)N1CCC[C@H]1C(=O)N1CCC[C@H]1C(=O)N[C@@H](Cc1ccccc1)C(=O)N[C@H](C(=O)O)C(C)C. The van der Waals surface area contributed by atoms with E-state index in [1.54, 1.807) is 45.0 Å². The van der Waals surface area contributed by atoms with Gasteiger partial charge in [0, 0.05) is 19.5 Å². The van der Waals surface area contributed by atoms with E-state index in [2.05, 4.69) is 16.0 Å². The minimum Gasteiger partial charge on any atom is -0.481 e. The molecule has 0 bridgehead atoms. The summed E-state index contributed by atoms with van der Waals surface area (Å²) in [5.41, 5.74) is 6.48. The maximum atomic E-state index is 14.0. The van der Waals surface area contributed by atoms with Crippen molar-refractivity contribution in [2.75, 3.05) is 13.1 Å². The van der Waals surface area contributed by atoms with E-state index < -0.39 is 90.1 Å². The zero-order chi connectivity index (χ0) is 36.4. The Morgan fingerprint density at radius 1 is 0.837 bits per heavy atom. The average Bonchev–Trinajstić information content (AvgIpc) is 3.75. The Labute approximate surface area is 286 Å². The number of carboxylic acids is 2. The number of aliphatic carboxylic acids is 2. The highest BCUT2D eigenvalue weighted by molar-refractivity contribution is 5.97. The highest BCUT2D eigenvalue weighted by atomic mass is 16.4. The number of nitrogens with zero attached hydrogens (tertiary/aromatic N) is 2. The normalized spacial score (nSPS) is 20.5. The molecule has 0 saturated carbocycles. The predicted molar refractivity (Wildman–Crippen MR) is 178 cm³/mol. The van der Waals surface area contributed by atoms with E-state index in [0.717, 1.165) is 5.56 Å². The monoisotopic (exact) mass is 686 g/mol. The first-order valence-corrected chi connectivity index (χ1v) is 16.9. The van der Waals surface area contributed by atoms with E-state index in [-0.39, 0.29) is 25.4 Å². The number of hydrogen-bond acceptors (Lipinski definition) is 8. The molecule has 0 aromatic heterocycles. The lowest BCUT2D eigenvalue weighted by Crippen LogP contribution is -2.60. The molecule has 2 heterocycles. The molecule has 5 amide bonds. The summed E-state index contributed by atoms with van der Waals surface area (Å²) in [6.07, 6.45) is 1.70. The molecule has 3 rings (SSSR count). The van der Waals surface area contributed by atoms with Gasteiger partial charge in [-0.15, -0.1) is 0 Å². The molecule has 15 nitrogen and oxygen atoms in total. The predicted octanol–water partition coefficient (Wildman–Crippen LogP) is 0.254. The standard InChI is InChI=1S/C34H50N6O9/c1-5-20(4)28(38-29(43)22(35)18-26(41)42)33(47)40-16-10-14-25(40)32(46)39-15-9-13-24(39)31(45)36-23(17-21-11-7-6-8-12-21)30(44)37-27(19(2)3)34(48)49/h6-8,11-12,19-20,22-25,27-28H,5,9-10,13-18,35H2,1-4H3,(H,36,45)(H,37,44)(H,38,43)(H,41,42)(H,48,49)/t20-,22-,23-,24-,25-,27-,28-/m0/s1. The number of carbonyl (C=O) groups is 7. The van der Waals surface area contributed by atoms with Gasteiger partial charge in [0.05, 0.1) is 12.5 Å². The van der Waals surface area contributed by atoms with Crippen LogP contribution in [0.15, 0.2) is 30.3 Å². The topological polar surface area (TPSA) is 229 Å². The number of carbonyl (C=O) groups excluding carboxylic acids is 5. The van der Waals surface area contributed by atoms with Crippen LogP contribution in [0.4, 0.5) is 0 Å². The van der Waals surface area contributed by atoms with Gasteiger partial charge in [-0.25, -0.2) is 4.79 Å². The smallest absolute Gasteiger partial charge is 0.326 e. The zero-order valence-corrected chi connectivity index (χ0v) is 28.6. The minimum absolute atomic E-state index is 0.0905. The fourth-order valence-electron chi connectivity index (χ4n) is 6.28. The van der Waals surface area contributed by atoms with Crippen molar-refractivity contribution in [2.24, 2.45) is 17.6 Å². The Bertz CT molecular complexity index is 1370. The number of nitrogens with two attached hydrogens (primary N) is 1. The van der Waals surface area contributed by atoms with Crippen molar-refractivity contribution >= 4 is 41.5 Å². The summed E-state index contributed by atoms with van der Waals surface area (Å²) in [4.78, 5) is 93.5. The van der Waals surface area contributed by atoms with Gasteiger partial charge in [0.25, 0.3) is 0 Å². The highest BCUT2D eigenvalue weighted by Gasteiger charge is 2.45. The molecule has 0 radical (unpaired) electrons. The highest BCUT2D eigenvalue weighted by Crippen LogP contribution is 2.27. The van der Waals surface area contributed by atoms with Crippen LogP contribution in [0.5, 0.6) is 0 Å². The third kappa shape index (κ3) is 10.2. The number of amides is 5. The van der Waals surface area contributed by atoms with E-state index in [9.17, 15) is 38.7 Å². The van der Waals surface area contributed by atoms with Gasteiger partial charge < -0.3 is 41.7 Å². The molecule has 15 heteroatoms. The Morgan fingerprint density at radius 3 is 2.00 bits per heavy atom. The van der Waals surface area contributed by atoms with Crippen molar-refractivity contribution in [2.45, 2.75) is 109 Å². The number of benzene rings is 1. The van der Waals surface area contributed by atoms with Gasteiger partial charge in [0.1, 0.15) is 30.2 Å². The molecule has 1 aromatic rings. The largest absolute Gasteiger partial charge is 0.481 e. The average molecular weight is 687 g/mol. The lowest BCUT2D eigenvalue weighted by molar-refractivity contribution is -0.149. The Hall–Kier alpha value is -4.53. The lowest BCUT2D eigenvalue weighted by atomic mass is 9.96. The van der Waals surface area contributed by atoms with Gasteiger partial charge in [0.2, 0.25) is 29.5 Å². The second kappa shape index (κ2) is 17.7. The van der Waals surface area contributed by atoms with Crippen molar-refractivity contribution in [1.29, 1.82) is 0 Å². The van der Waals surface area contributed by atoms with Crippen LogP contribution < -0.4 is 21.7 Å². The van der Waals surface area contributed by atoms with Crippen LogP contribution >= 0.6 is 0 Å². The Kier molecular flexibility index (Phi) is 14.1. The molecule has 49 heavy (non-hydrogen) atoms. The molecular formula is C34H50N6O9. The summed E-state index contributed by atoms with van der Waals surface area (Å²) in [6, 6.07) is 2.46. The molecule has 7 atom stereocenters. The number of carboxylic acid groups (broad SMARTS) is 2. The molecule has 0 spiro atoms. The first kappa shape index (κ1) is 38.9. The number of rotatable bonds is 16. The number of nitrogens with one attached hydrogen (secondary N) is 3. The van der Waals surface area contributed by atoms with E-state index in [1.807, 2.05) is 13.0 Å². The molecule has 7 N–H and O–H groups in total. The van der Waals surface area contributed by atoms with Crippen LogP contribution in [0, 0.1) is 11.8 Å². The van der Waals surface area contributed by atoms with Gasteiger partial charge in [-0.2, -0.15) is 0 Å². The molecule has 2 fully saturated rings. The van der Waals surface area contributed by atoms with Gasteiger partial charge in [-0.05, 0) is 43.1 Å². The Morgan fingerprint density at radius 2 is 1.43 bits per heavy atom. The third-order valence-electron chi connectivity index (χ3n) is 9.31. The van der Waals surface area contributed by atoms with Crippen LogP contribution in [-0.4, -0.2) is 111 Å². The second-order valence-corrected chi connectivity index (χ2v) is 13.3. The van der Waals surface area contributed by atoms with Crippen molar-refractivity contribution in [3.05, 3.63) is 35.9 Å². The van der Waals surface area contributed by atoms with Gasteiger partial charge in [-0.3, -0.25) is 28.8 Å². The maximum absolute atomic E-state index is 14.0. The lowest BCUT2D eigenvalue weighted by Gasteiger charge is -2.34. The molecule has 2 aliphatic rings. The van der Waals surface area contributed by atoms with Gasteiger partial charge in [0.15, 0.2) is 0 Å². The van der Waals surface area contributed by atoms with Gasteiger partial charge >= 0.3 is 11.9 Å². The molecule has 0 unspecified atom stereocenters. The maximum Gasteiger partial charge on any atom is 0.326 e. The van der Waals surface area contributed by atoms with Crippen molar-refractivity contribution in [3.8, 4) is 0 Å². The molecule has 270 valence electrons. The fourth-order valence-corrected chi connectivity index (χ4v) is 6.28. The zero-order valence-electron chi connectivity index (χ0n) is 28.6. The van der Waals surface area contributed by atoms with Crippen LogP contribution in [0.3, 0.4) is 0 Å². The van der Waals surface area contributed by atoms with Crippen molar-refractivity contribution in [3.63, 3.8) is 0 Å². The van der Waals surface area contributed by atoms with Crippen LogP contribution in [-0.2, 0) is 40.0 Å². The number of likely N-dealkylation sites (tertiary alicyclic amines) is 2. The molecule has 2 saturated heterocycles.